The van der Waals surface area contributed by atoms with Gasteiger partial charge in [-0.2, -0.15) is 0 Å². The van der Waals surface area contributed by atoms with Gasteiger partial charge in [-0.15, -0.1) is 0 Å². The Morgan fingerprint density at radius 2 is 2.17 bits per heavy atom. The Kier molecular flexibility index (Phi) is 4.61. The molecule has 1 saturated heterocycles. The standard InChI is InChI=1S/C15H24N2O/c1-12-11-14(18-2)8-10-17(12)9-7-13-5-3-4-6-15(13)16/h3-6,12,14H,7-11,16H2,1-2H3. The number of likely N-dealkylation sites (tertiary alicyclic amines) is 1. The highest BCUT2D eigenvalue weighted by atomic mass is 16.5. The Hall–Kier alpha value is -1.06. The highest BCUT2D eigenvalue weighted by Gasteiger charge is 2.24. The average Bonchev–Trinajstić information content (AvgIpc) is 2.39. The molecule has 0 aliphatic carbocycles. The lowest BCUT2D eigenvalue weighted by Crippen LogP contribution is -2.44. The molecule has 0 amide bonds. The van der Waals surface area contributed by atoms with Crippen LogP contribution in [0, 0.1) is 0 Å². The van der Waals surface area contributed by atoms with Crippen molar-refractivity contribution >= 4 is 5.69 Å². The second-order valence-electron chi connectivity index (χ2n) is 5.22. The number of para-hydroxylation sites is 1. The van der Waals surface area contributed by atoms with Crippen LogP contribution in [0.2, 0.25) is 0 Å². The monoisotopic (exact) mass is 248 g/mol. The van der Waals surface area contributed by atoms with E-state index >= 15 is 0 Å². The summed E-state index contributed by atoms with van der Waals surface area (Å²) < 4.78 is 5.45. The normalized spacial score (nSPS) is 25.2. The number of nitrogens with two attached hydrogens (primary N) is 1. The summed E-state index contributed by atoms with van der Waals surface area (Å²) in [7, 11) is 1.82. The summed E-state index contributed by atoms with van der Waals surface area (Å²) in [6.07, 6.45) is 3.76. The molecule has 2 unspecified atom stereocenters. The smallest absolute Gasteiger partial charge is 0.0598 e. The van der Waals surface area contributed by atoms with Gasteiger partial charge < -0.3 is 15.4 Å². The fourth-order valence-corrected chi connectivity index (χ4v) is 2.75. The summed E-state index contributed by atoms with van der Waals surface area (Å²) in [6.45, 7) is 4.51. The number of benzene rings is 1. The summed E-state index contributed by atoms with van der Waals surface area (Å²) in [4.78, 5) is 2.54. The number of hydrogen-bond acceptors (Lipinski definition) is 3. The lowest BCUT2D eigenvalue weighted by molar-refractivity contribution is 0.0165. The van der Waals surface area contributed by atoms with Gasteiger partial charge >= 0.3 is 0 Å². The summed E-state index contributed by atoms with van der Waals surface area (Å²) >= 11 is 0. The average molecular weight is 248 g/mol. The Labute approximate surface area is 110 Å². The molecular weight excluding hydrogens is 224 g/mol. The predicted octanol–water partition coefficient (Wildman–Crippen LogP) is 2.31. The molecular formula is C15H24N2O. The van der Waals surface area contributed by atoms with E-state index < -0.39 is 0 Å². The molecule has 1 aromatic carbocycles. The van der Waals surface area contributed by atoms with Gasteiger partial charge in [-0.3, -0.25) is 0 Å². The molecule has 0 radical (unpaired) electrons. The van der Waals surface area contributed by atoms with Gasteiger partial charge in [0.2, 0.25) is 0 Å². The van der Waals surface area contributed by atoms with Gasteiger partial charge in [-0.25, -0.2) is 0 Å². The number of ether oxygens (including phenoxy) is 1. The van der Waals surface area contributed by atoms with E-state index in [1.165, 1.54) is 5.56 Å². The number of piperidine rings is 1. The zero-order valence-electron chi connectivity index (χ0n) is 11.4. The summed E-state index contributed by atoms with van der Waals surface area (Å²) in [5.41, 5.74) is 8.15. The molecule has 1 aliphatic heterocycles. The third-order valence-corrected chi connectivity index (χ3v) is 4.02. The number of anilines is 1. The van der Waals surface area contributed by atoms with Gasteiger partial charge in [-0.1, -0.05) is 18.2 Å². The van der Waals surface area contributed by atoms with Crippen LogP contribution in [0.3, 0.4) is 0 Å². The lowest BCUT2D eigenvalue weighted by Gasteiger charge is -2.37. The molecule has 2 atom stereocenters. The number of hydrogen-bond donors (Lipinski definition) is 1. The van der Waals surface area contributed by atoms with Crippen LogP contribution < -0.4 is 5.73 Å². The third kappa shape index (κ3) is 3.24. The van der Waals surface area contributed by atoms with Crippen LogP contribution in [0.4, 0.5) is 5.69 Å². The van der Waals surface area contributed by atoms with Crippen LogP contribution in [0.1, 0.15) is 25.3 Å². The molecule has 3 nitrogen and oxygen atoms in total. The van der Waals surface area contributed by atoms with E-state index in [1.54, 1.807) is 0 Å². The molecule has 0 saturated carbocycles. The molecule has 1 aliphatic rings. The van der Waals surface area contributed by atoms with Crippen molar-refractivity contribution in [1.29, 1.82) is 0 Å². The van der Waals surface area contributed by atoms with Gasteiger partial charge in [0.15, 0.2) is 0 Å². The zero-order chi connectivity index (χ0) is 13.0. The van der Waals surface area contributed by atoms with Gasteiger partial charge in [0.1, 0.15) is 0 Å². The zero-order valence-corrected chi connectivity index (χ0v) is 11.4. The topological polar surface area (TPSA) is 38.5 Å². The van der Waals surface area contributed by atoms with Gasteiger partial charge in [0.05, 0.1) is 6.10 Å². The maximum atomic E-state index is 5.98. The lowest BCUT2D eigenvalue weighted by atomic mass is 9.99. The largest absolute Gasteiger partial charge is 0.399 e. The third-order valence-electron chi connectivity index (χ3n) is 4.02. The Morgan fingerprint density at radius 3 is 2.83 bits per heavy atom. The molecule has 2 rings (SSSR count). The molecule has 2 N–H and O–H groups in total. The maximum absolute atomic E-state index is 5.98. The number of nitrogens with zero attached hydrogens (tertiary/aromatic N) is 1. The van der Waals surface area contributed by atoms with E-state index in [-0.39, 0.29) is 0 Å². The second-order valence-corrected chi connectivity index (χ2v) is 5.22. The maximum Gasteiger partial charge on any atom is 0.0598 e. The molecule has 0 bridgehead atoms. The minimum absolute atomic E-state index is 0.443. The van der Waals surface area contributed by atoms with Crippen molar-refractivity contribution in [1.82, 2.24) is 4.90 Å². The van der Waals surface area contributed by atoms with Gasteiger partial charge in [0, 0.05) is 31.9 Å². The van der Waals surface area contributed by atoms with Crippen molar-refractivity contribution in [2.45, 2.75) is 38.3 Å². The van der Waals surface area contributed by atoms with Crippen molar-refractivity contribution in [2.24, 2.45) is 0 Å². The molecule has 0 aromatic heterocycles. The quantitative estimate of drug-likeness (QED) is 0.831. The van der Waals surface area contributed by atoms with Crippen LogP contribution in [-0.2, 0) is 11.2 Å². The Bertz CT molecular complexity index is 381. The summed E-state index contributed by atoms with van der Waals surface area (Å²) in [6, 6.07) is 8.77. The van der Waals surface area contributed by atoms with Crippen LogP contribution in [0.15, 0.2) is 24.3 Å². The SMILES string of the molecule is COC1CCN(CCc2ccccc2N)C(C)C1. The summed E-state index contributed by atoms with van der Waals surface area (Å²) in [5, 5.41) is 0. The van der Waals surface area contributed by atoms with Crippen molar-refractivity contribution < 1.29 is 4.74 Å². The van der Waals surface area contributed by atoms with Crippen molar-refractivity contribution in [3.63, 3.8) is 0 Å². The molecule has 0 spiro atoms. The Morgan fingerprint density at radius 1 is 1.39 bits per heavy atom. The molecule has 18 heavy (non-hydrogen) atoms. The van der Waals surface area contributed by atoms with E-state index in [9.17, 15) is 0 Å². The van der Waals surface area contributed by atoms with Gasteiger partial charge in [-0.05, 0) is 37.8 Å². The first-order chi connectivity index (χ1) is 8.70. The Balaban J connectivity index is 1.86. The minimum Gasteiger partial charge on any atom is -0.399 e. The first kappa shape index (κ1) is 13.4. The van der Waals surface area contributed by atoms with Crippen molar-refractivity contribution in [2.75, 3.05) is 25.9 Å². The van der Waals surface area contributed by atoms with E-state index in [0.29, 0.717) is 12.1 Å². The van der Waals surface area contributed by atoms with Crippen LogP contribution in [0.25, 0.3) is 0 Å². The van der Waals surface area contributed by atoms with E-state index in [2.05, 4.69) is 24.0 Å². The minimum atomic E-state index is 0.443. The fourth-order valence-electron chi connectivity index (χ4n) is 2.75. The fraction of sp³-hybridized carbons (Fsp3) is 0.600. The summed E-state index contributed by atoms with van der Waals surface area (Å²) in [5.74, 6) is 0. The molecule has 100 valence electrons. The number of rotatable bonds is 4. The number of methoxy groups -OCH3 is 1. The predicted molar refractivity (Wildman–Crippen MR) is 75.6 cm³/mol. The van der Waals surface area contributed by atoms with Crippen LogP contribution >= 0.6 is 0 Å². The van der Waals surface area contributed by atoms with E-state index in [0.717, 1.165) is 38.0 Å². The van der Waals surface area contributed by atoms with E-state index in [1.807, 2.05) is 19.2 Å². The van der Waals surface area contributed by atoms with Crippen molar-refractivity contribution in [3.8, 4) is 0 Å². The van der Waals surface area contributed by atoms with Crippen LogP contribution in [0.5, 0.6) is 0 Å². The highest BCUT2D eigenvalue weighted by molar-refractivity contribution is 5.46. The molecule has 1 aromatic rings. The second kappa shape index (κ2) is 6.21. The number of nitrogen functional groups attached to an aromatic ring is 1. The van der Waals surface area contributed by atoms with Crippen molar-refractivity contribution in [3.05, 3.63) is 29.8 Å². The highest BCUT2D eigenvalue weighted by Crippen LogP contribution is 2.20. The molecule has 3 heteroatoms. The molecule has 1 fully saturated rings. The van der Waals surface area contributed by atoms with Gasteiger partial charge in [0.25, 0.3) is 0 Å². The molecule has 1 heterocycles. The van der Waals surface area contributed by atoms with E-state index in [4.69, 9.17) is 10.5 Å². The first-order valence-electron chi connectivity index (χ1n) is 6.81. The first-order valence-corrected chi connectivity index (χ1v) is 6.81. The van der Waals surface area contributed by atoms with Crippen LogP contribution in [-0.4, -0.2) is 37.2 Å².